The van der Waals surface area contributed by atoms with Gasteiger partial charge in [0.15, 0.2) is 0 Å². The van der Waals surface area contributed by atoms with Gasteiger partial charge in [0.1, 0.15) is 0 Å². The highest BCUT2D eigenvalue weighted by Crippen LogP contribution is 2.32. The molecule has 1 aliphatic carbocycles. The van der Waals surface area contributed by atoms with Crippen LogP contribution in [0.15, 0.2) is 6.20 Å². The van der Waals surface area contributed by atoms with Crippen LogP contribution < -0.4 is 5.32 Å². The van der Waals surface area contributed by atoms with Crippen LogP contribution in [0.2, 0.25) is 0 Å². The summed E-state index contributed by atoms with van der Waals surface area (Å²) < 4.78 is 2.02. The summed E-state index contributed by atoms with van der Waals surface area (Å²) in [5.41, 5.74) is 2.44. The van der Waals surface area contributed by atoms with Crippen molar-refractivity contribution in [1.82, 2.24) is 15.1 Å². The highest BCUT2D eigenvalue weighted by molar-refractivity contribution is 5.21. The van der Waals surface area contributed by atoms with Gasteiger partial charge in [-0.1, -0.05) is 6.92 Å². The lowest BCUT2D eigenvalue weighted by Crippen LogP contribution is -2.22. The number of hydrogen-bond donors (Lipinski definition) is 2. The lowest BCUT2D eigenvalue weighted by Gasteiger charge is -2.18. The SMILES string of the molecule is CCCNC(C)c1cnn(C2CCCC2O)c1C. The molecule has 4 heteroatoms. The van der Waals surface area contributed by atoms with Crippen LogP contribution in [0.1, 0.15) is 62.9 Å². The molecule has 18 heavy (non-hydrogen) atoms. The van der Waals surface area contributed by atoms with Crippen molar-refractivity contribution in [1.29, 1.82) is 0 Å². The van der Waals surface area contributed by atoms with E-state index in [9.17, 15) is 5.11 Å². The molecule has 2 N–H and O–H groups in total. The molecule has 0 spiro atoms. The first-order valence-electron chi connectivity index (χ1n) is 7.10. The Morgan fingerprint density at radius 1 is 1.56 bits per heavy atom. The predicted octanol–water partition coefficient (Wildman–Crippen LogP) is 2.34. The van der Waals surface area contributed by atoms with Crippen molar-refractivity contribution in [2.45, 2.75) is 64.6 Å². The summed E-state index contributed by atoms with van der Waals surface area (Å²) in [5, 5.41) is 18.0. The van der Waals surface area contributed by atoms with Crippen molar-refractivity contribution in [2.24, 2.45) is 0 Å². The molecule has 2 rings (SSSR count). The molecule has 1 aliphatic rings. The number of aliphatic hydroxyl groups excluding tert-OH is 1. The van der Waals surface area contributed by atoms with Gasteiger partial charge in [0.05, 0.1) is 18.3 Å². The minimum Gasteiger partial charge on any atom is -0.391 e. The Labute approximate surface area is 109 Å². The molecule has 1 aromatic rings. The first-order chi connectivity index (χ1) is 8.65. The topological polar surface area (TPSA) is 50.1 Å². The third kappa shape index (κ3) is 2.59. The second-order valence-corrected chi connectivity index (χ2v) is 5.37. The molecular weight excluding hydrogens is 226 g/mol. The molecule has 1 aromatic heterocycles. The van der Waals surface area contributed by atoms with E-state index in [2.05, 4.69) is 31.2 Å². The maximum Gasteiger partial charge on any atom is 0.0781 e. The predicted molar refractivity (Wildman–Crippen MR) is 72.6 cm³/mol. The van der Waals surface area contributed by atoms with E-state index in [0.29, 0.717) is 6.04 Å². The highest BCUT2D eigenvalue weighted by atomic mass is 16.3. The molecule has 1 heterocycles. The summed E-state index contributed by atoms with van der Waals surface area (Å²) in [6.45, 7) is 7.48. The number of nitrogens with one attached hydrogen (secondary N) is 1. The van der Waals surface area contributed by atoms with Crippen LogP contribution in [0.5, 0.6) is 0 Å². The van der Waals surface area contributed by atoms with Crippen LogP contribution in [-0.2, 0) is 0 Å². The van der Waals surface area contributed by atoms with Gasteiger partial charge in [0.25, 0.3) is 0 Å². The lowest BCUT2D eigenvalue weighted by atomic mass is 10.1. The van der Waals surface area contributed by atoms with Gasteiger partial charge in [-0.25, -0.2) is 0 Å². The summed E-state index contributed by atoms with van der Waals surface area (Å²) in [5.74, 6) is 0. The summed E-state index contributed by atoms with van der Waals surface area (Å²) in [4.78, 5) is 0. The van der Waals surface area contributed by atoms with Gasteiger partial charge in [-0.3, -0.25) is 4.68 Å². The monoisotopic (exact) mass is 251 g/mol. The zero-order chi connectivity index (χ0) is 13.1. The summed E-state index contributed by atoms with van der Waals surface area (Å²) in [7, 11) is 0. The van der Waals surface area contributed by atoms with E-state index >= 15 is 0 Å². The first-order valence-corrected chi connectivity index (χ1v) is 7.10. The van der Waals surface area contributed by atoms with Crippen molar-refractivity contribution in [3.63, 3.8) is 0 Å². The molecule has 0 aromatic carbocycles. The normalized spacial score (nSPS) is 25.6. The number of aliphatic hydroxyl groups is 1. The van der Waals surface area contributed by atoms with E-state index in [4.69, 9.17) is 0 Å². The maximum atomic E-state index is 9.98. The number of rotatable bonds is 5. The minimum atomic E-state index is -0.227. The third-order valence-corrected chi connectivity index (χ3v) is 4.01. The van der Waals surface area contributed by atoms with Crippen LogP contribution in [0.3, 0.4) is 0 Å². The Bertz CT molecular complexity index is 388. The number of aromatic nitrogens is 2. The van der Waals surface area contributed by atoms with Gasteiger partial charge in [0.2, 0.25) is 0 Å². The Morgan fingerprint density at radius 2 is 2.33 bits per heavy atom. The van der Waals surface area contributed by atoms with Crippen molar-refractivity contribution < 1.29 is 5.11 Å². The lowest BCUT2D eigenvalue weighted by molar-refractivity contribution is 0.129. The van der Waals surface area contributed by atoms with Gasteiger partial charge in [-0.05, 0) is 46.1 Å². The van der Waals surface area contributed by atoms with E-state index in [1.165, 1.54) is 11.3 Å². The van der Waals surface area contributed by atoms with Crippen LogP contribution in [0.4, 0.5) is 0 Å². The number of hydrogen-bond acceptors (Lipinski definition) is 3. The van der Waals surface area contributed by atoms with E-state index in [1.54, 1.807) is 0 Å². The molecule has 0 saturated heterocycles. The van der Waals surface area contributed by atoms with E-state index in [0.717, 1.165) is 32.2 Å². The highest BCUT2D eigenvalue weighted by Gasteiger charge is 2.29. The summed E-state index contributed by atoms with van der Waals surface area (Å²) >= 11 is 0. The smallest absolute Gasteiger partial charge is 0.0781 e. The maximum absolute atomic E-state index is 9.98. The van der Waals surface area contributed by atoms with Crippen LogP contribution in [-0.4, -0.2) is 27.5 Å². The van der Waals surface area contributed by atoms with Crippen molar-refractivity contribution in [2.75, 3.05) is 6.54 Å². The Kier molecular flexibility index (Phi) is 4.40. The minimum absolute atomic E-state index is 0.178. The van der Waals surface area contributed by atoms with Gasteiger partial charge < -0.3 is 10.4 Å². The van der Waals surface area contributed by atoms with Crippen molar-refractivity contribution >= 4 is 0 Å². The van der Waals surface area contributed by atoms with Crippen molar-refractivity contribution in [3.05, 3.63) is 17.5 Å². The Morgan fingerprint density at radius 3 is 2.94 bits per heavy atom. The average molecular weight is 251 g/mol. The second kappa shape index (κ2) is 5.85. The van der Waals surface area contributed by atoms with E-state index < -0.39 is 0 Å². The molecule has 0 radical (unpaired) electrons. The van der Waals surface area contributed by atoms with Gasteiger partial charge >= 0.3 is 0 Å². The molecule has 102 valence electrons. The average Bonchev–Trinajstić information content (AvgIpc) is 2.92. The van der Waals surface area contributed by atoms with Gasteiger partial charge in [-0.15, -0.1) is 0 Å². The Balaban J connectivity index is 2.12. The molecule has 3 unspecified atom stereocenters. The third-order valence-electron chi connectivity index (χ3n) is 4.01. The fourth-order valence-electron chi connectivity index (χ4n) is 2.87. The molecule has 3 atom stereocenters. The molecule has 0 bridgehead atoms. The fourth-order valence-corrected chi connectivity index (χ4v) is 2.87. The molecule has 4 nitrogen and oxygen atoms in total. The Hall–Kier alpha value is -0.870. The van der Waals surface area contributed by atoms with Gasteiger partial charge in [0, 0.05) is 17.3 Å². The molecule has 1 saturated carbocycles. The van der Waals surface area contributed by atoms with Crippen LogP contribution >= 0.6 is 0 Å². The summed E-state index contributed by atoms with van der Waals surface area (Å²) in [6.07, 6.45) is 5.91. The quantitative estimate of drug-likeness (QED) is 0.844. The van der Waals surface area contributed by atoms with Crippen molar-refractivity contribution in [3.8, 4) is 0 Å². The number of nitrogens with zero attached hydrogens (tertiary/aromatic N) is 2. The zero-order valence-electron chi connectivity index (χ0n) is 11.7. The molecule has 0 aliphatic heterocycles. The zero-order valence-corrected chi connectivity index (χ0v) is 11.7. The molecular formula is C14H25N3O. The van der Waals surface area contributed by atoms with E-state index in [-0.39, 0.29) is 12.1 Å². The summed E-state index contributed by atoms with van der Waals surface area (Å²) in [6, 6.07) is 0.509. The second-order valence-electron chi connectivity index (χ2n) is 5.37. The largest absolute Gasteiger partial charge is 0.391 e. The van der Waals surface area contributed by atoms with E-state index in [1.807, 2.05) is 10.9 Å². The molecule has 1 fully saturated rings. The standard InChI is InChI=1S/C14H25N3O/c1-4-8-15-10(2)12-9-16-17(11(12)3)13-6-5-7-14(13)18/h9-10,13-15,18H,4-8H2,1-3H3. The van der Waals surface area contributed by atoms with Crippen LogP contribution in [0.25, 0.3) is 0 Å². The van der Waals surface area contributed by atoms with Gasteiger partial charge in [-0.2, -0.15) is 5.10 Å². The molecule has 0 amide bonds. The van der Waals surface area contributed by atoms with Crippen LogP contribution in [0, 0.1) is 6.92 Å². The fraction of sp³-hybridized carbons (Fsp3) is 0.786. The first kappa shape index (κ1) is 13.6.